The molecule has 0 radical (unpaired) electrons. The largest absolute Gasteiger partial charge is 0.300 e. The number of hydrogen-bond donors (Lipinski definition) is 0. The maximum atomic E-state index is 8.89. The van der Waals surface area contributed by atoms with Crippen molar-refractivity contribution in [1.29, 1.82) is 5.26 Å². The molecule has 88 valence electrons. The topological polar surface area (TPSA) is 39.9 Å². The van der Waals surface area contributed by atoms with Crippen LogP contribution in [-0.4, -0.2) is 9.88 Å². The fourth-order valence-electron chi connectivity index (χ4n) is 2.11. The monoisotopic (exact) mass is 255 g/mol. The van der Waals surface area contributed by atoms with E-state index in [1.165, 1.54) is 0 Å². The molecule has 0 fully saturated rings. The molecule has 0 atom stereocenters. The van der Waals surface area contributed by atoms with Gasteiger partial charge in [0.2, 0.25) is 0 Å². The Morgan fingerprint density at radius 3 is 2.61 bits per heavy atom. The van der Waals surface area contributed by atoms with Gasteiger partial charge in [0.05, 0.1) is 24.5 Å². The highest BCUT2D eigenvalue weighted by molar-refractivity contribution is 6.30. The highest BCUT2D eigenvalue weighted by Gasteiger charge is 2.19. The lowest BCUT2D eigenvalue weighted by atomic mass is 10.1. The molecule has 0 unspecified atom stereocenters. The zero-order chi connectivity index (χ0) is 12.5. The van der Waals surface area contributed by atoms with Gasteiger partial charge in [-0.15, -0.1) is 0 Å². The maximum absolute atomic E-state index is 8.89. The predicted molar refractivity (Wildman–Crippen MR) is 69.5 cm³/mol. The summed E-state index contributed by atoms with van der Waals surface area (Å²) >= 11 is 5.87. The Bertz CT molecular complexity index is 628. The van der Waals surface area contributed by atoms with E-state index in [1.54, 1.807) is 4.90 Å². The summed E-state index contributed by atoms with van der Waals surface area (Å²) in [4.78, 5) is 6.31. The zero-order valence-electron chi connectivity index (χ0n) is 9.60. The molecule has 2 heterocycles. The van der Waals surface area contributed by atoms with Gasteiger partial charge in [-0.3, -0.25) is 4.98 Å². The van der Waals surface area contributed by atoms with E-state index in [-0.39, 0.29) is 0 Å². The van der Waals surface area contributed by atoms with Crippen LogP contribution in [0.25, 0.3) is 11.3 Å². The van der Waals surface area contributed by atoms with Crippen LogP contribution in [0.15, 0.2) is 36.4 Å². The van der Waals surface area contributed by atoms with E-state index >= 15 is 0 Å². The van der Waals surface area contributed by atoms with Crippen LogP contribution in [0.1, 0.15) is 11.3 Å². The molecule has 3 rings (SSSR count). The minimum Gasteiger partial charge on any atom is -0.300 e. The second-order valence-corrected chi connectivity index (χ2v) is 4.70. The molecule has 0 saturated heterocycles. The molecule has 0 bridgehead atoms. The average Bonchev–Trinajstić information content (AvgIpc) is 2.81. The van der Waals surface area contributed by atoms with Crippen LogP contribution in [0.5, 0.6) is 0 Å². The van der Waals surface area contributed by atoms with E-state index in [1.807, 2.05) is 36.4 Å². The third kappa shape index (κ3) is 1.92. The first-order valence-electron chi connectivity index (χ1n) is 5.66. The van der Waals surface area contributed by atoms with E-state index in [4.69, 9.17) is 16.9 Å². The number of pyridine rings is 1. The standard InChI is InChI=1S/C14H10ClN3/c15-12-4-1-10(2-5-12)13-6-3-11-7-18(9-16)8-14(11)17-13/h1-6H,7-8H2. The Balaban J connectivity index is 1.97. The van der Waals surface area contributed by atoms with Crippen molar-refractivity contribution >= 4 is 11.6 Å². The molecule has 18 heavy (non-hydrogen) atoms. The summed E-state index contributed by atoms with van der Waals surface area (Å²) in [7, 11) is 0. The summed E-state index contributed by atoms with van der Waals surface area (Å²) in [6.07, 6.45) is 2.15. The summed E-state index contributed by atoms with van der Waals surface area (Å²) < 4.78 is 0. The Morgan fingerprint density at radius 1 is 1.11 bits per heavy atom. The van der Waals surface area contributed by atoms with E-state index in [2.05, 4.69) is 11.2 Å². The number of nitriles is 1. The number of aromatic nitrogens is 1. The fourth-order valence-corrected chi connectivity index (χ4v) is 2.23. The van der Waals surface area contributed by atoms with Gasteiger partial charge in [-0.2, -0.15) is 5.26 Å². The van der Waals surface area contributed by atoms with E-state index in [9.17, 15) is 0 Å². The average molecular weight is 256 g/mol. The maximum Gasteiger partial charge on any atom is 0.180 e. The SMILES string of the molecule is N#CN1Cc2ccc(-c3ccc(Cl)cc3)nc2C1. The Hall–Kier alpha value is -2.05. The minimum atomic E-state index is 0.604. The summed E-state index contributed by atoms with van der Waals surface area (Å²) in [5.74, 6) is 0. The van der Waals surface area contributed by atoms with Gasteiger partial charge in [-0.1, -0.05) is 29.8 Å². The molecule has 1 aliphatic rings. The van der Waals surface area contributed by atoms with Gasteiger partial charge < -0.3 is 4.90 Å². The first-order valence-corrected chi connectivity index (χ1v) is 6.03. The molecule has 1 aromatic heterocycles. The van der Waals surface area contributed by atoms with Crippen LogP contribution in [0.2, 0.25) is 5.02 Å². The van der Waals surface area contributed by atoms with Crippen LogP contribution in [-0.2, 0) is 13.1 Å². The Kier molecular flexibility index (Phi) is 2.66. The van der Waals surface area contributed by atoms with Crippen LogP contribution in [0, 0.1) is 11.5 Å². The number of fused-ring (bicyclic) bond motifs is 1. The molecule has 0 N–H and O–H groups in total. The molecule has 2 aromatic rings. The van der Waals surface area contributed by atoms with E-state index < -0.39 is 0 Å². The van der Waals surface area contributed by atoms with E-state index in [0.717, 1.165) is 27.5 Å². The van der Waals surface area contributed by atoms with Gasteiger partial charge in [0.25, 0.3) is 0 Å². The summed E-state index contributed by atoms with van der Waals surface area (Å²) in [6.45, 7) is 1.27. The van der Waals surface area contributed by atoms with Crippen LogP contribution in [0.3, 0.4) is 0 Å². The van der Waals surface area contributed by atoms with E-state index in [0.29, 0.717) is 13.1 Å². The minimum absolute atomic E-state index is 0.604. The van der Waals surface area contributed by atoms with Gasteiger partial charge in [-0.25, -0.2) is 0 Å². The molecule has 0 aliphatic carbocycles. The molecule has 1 aromatic carbocycles. The fraction of sp³-hybridized carbons (Fsp3) is 0.143. The van der Waals surface area contributed by atoms with Crippen molar-refractivity contribution in [2.24, 2.45) is 0 Å². The number of rotatable bonds is 1. The van der Waals surface area contributed by atoms with Crippen molar-refractivity contribution in [3.8, 4) is 17.5 Å². The number of nitrogens with zero attached hydrogens (tertiary/aromatic N) is 3. The first-order chi connectivity index (χ1) is 8.76. The lowest BCUT2D eigenvalue weighted by molar-refractivity contribution is 0.415. The van der Waals surface area contributed by atoms with Gasteiger partial charge in [0.1, 0.15) is 0 Å². The van der Waals surface area contributed by atoms with Crippen molar-refractivity contribution in [1.82, 2.24) is 9.88 Å². The number of halogens is 1. The Morgan fingerprint density at radius 2 is 1.89 bits per heavy atom. The summed E-state index contributed by atoms with van der Waals surface area (Å²) in [6, 6.07) is 11.6. The normalized spacial score (nSPS) is 13.2. The summed E-state index contributed by atoms with van der Waals surface area (Å²) in [5.41, 5.74) is 4.08. The molecular formula is C14H10ClN3. The zero-order valence-corrected chi connectivity index (χ0v) is 10.4. The molecular weight excluding hydrogens is 246 g/mol. The van der Waals surface area contributed by atoms with Crippen LogP contribution < -0.4 is 0 Å². The van der Waals surface area contributed by atoms with Crippen molar-refractivity contribution < 1.29 is 0 Å². The molecule has 3 nitrogen and oxygen atoms in total. The van der Waals surface area contributed by atoms with Crippen LogP contribution in [0.4, 0.5) is 0 Å². The smallest absolute Gasteiger partial charge is 0.180 e. The van der Waals surface area contributed by atoms with Gasteiger partial charge in [-0.05, 0) is 23.8 Å². The van der Waals surface area contributed by atoms with Gasteiger partial charge in [0.15, 0.2) is 6.19 Å². The van der Waals surface area contributed by atoms with Crippen LogP contribution >= 0.6 is 11.6 Å². The Labute approximate surface area is 110 Å². The quantitative estimate of drug-likeness (QED) is 0.735. The van der Waals surface area contributed by atoms with Crippen molar-refractivity contribution in [2.75, 3.05) is 0 Å². The van der Waals surface area contributed by atoms with Crippen molar-refractivity contribution in [3.63, 3.8) is 0 Å². The third-order valence-corrected chi connectivity index (χ3v) is 3.30. The van der Waals surface area contributed by atoms with Gasteiger partial charge >= 0.3 is 0 Å². The first kappa shape index (κ1) is 11.1. The highest BCUT2D eigenvalue weighted by atomic mass is 35.5. The second kappa shape index (κ2) is 4.32. The molecule has 0 amide bonds. The molecule has 4 heteroatoms. The number of benzene rings is 1. The number of hydrogen-bond acceptors (Lipinski definition) is 3. The van der Waals surface area contributed by atoms with Crippen molar-refractivity contribution in [2.45, 2.75) is 13.1 Å². The molecule has 1 aliphatic heterocycles. The third-order valence-electron chi connectivity index (χ3n) is 3.05. The molecule has 0 saturated carbocycles. The summed E-state index contributed by atoms with van der Waals surface area (Å²) in [5, 5.41) is 9.61. The second-order valence-electron chi connectivity index (χ2n) is 4.27. The van der Waals surface area contributed by atoms with Gasteiger partial charge in [0, 0.05) is 10.6 Å². The predicted octanol–water partition coefficient (Wildman–Crippen LogP) is 3.20. The van der Waals surface area contributed by atoms with Crippen molar-refractivity contribution in [3.05, 3.63) is 52.7 Å². The highest BCUT2D eigenvalue weighted by Crippen LogP contribution is 2.25. The molecule has 0 spiro atoms. The lowest BCUT2D eigenvalue weighted by Gasteiger charge is -2.03. The lowest BCUT2D eigenvalue weighted by Crippen LogP contribution is -2.07.